The lowest BCUT2D eigenvalue weighted by Gasteiger charge is -2.16. The Kier molecular flexibility index (Phi) is 3.94. The van der Waals surface area contributed by atoms with Crippen LogP contribution >= 0.6 is 0 Å². The van der Waals surface area contributed by atoms with Gasteiger partial charge < -0.3 is 14.8 Å². The van der Waals surface area contributed by atoms with Crippen LogP contribution in [-0.2, 0) is 0 Å². The van der Waals surface area contributed by atoms with E-state index >= 15 is 0 Å². The lowest BCUT2D eigenvalue weighted by Crippen LogP contribution is -2.32. The molecule has 1 saturated carbocycles. The van der Waals surface area contributed by atoms with Gasteiger partial charge in [-0.25, -0.2) is 0 Å². The molecule has 1 fully saturated rings. The Balaban J connectivity index is 1.90. The SMILES string of the molecule is OB(O)c1c(OCC2CCCC2)ccc2ccccc12. The van der Waals surface area contributed by atoms with Crippen molar-refractivity contribution < 1.29 is 14.8 Å². The average molecular weight is 270 g/mol. The number of fused-ring (bicyclic) bond motifs is 1. The van der Waals surface area contributed by atoms with Crippen LogP contribution in [0.2, 0.25) is 0 Å². The molecular formula is C16H19BO3. The molecule has 2 aromatic carbocycles. The Hall–Kier alpha value is -1.52. The molecule has 0 heterocycles. The van der Waals surface area contributed by atoms with Crippen LogP contribution in [0, 0.1) is 5.92 Å². The monoisotopic (exact) mass is 270 g/mol. The number of ether oxygens (including phenoxy) is 1. The van der Waals surface area contributed by atoms with Crippen LogP contribution in [0.5, 0.6) is 5.75 Å². The molecule has 0 amide bonds. The van der Waals surface area contributed by atoms with Gasteiger partial charge in [-0.05, 0) is 35.6 Å². The van der Waals surface area contributed by atoms with E-state index in [4.69, 9.17) is 4.74 Å². The topological polar surface area (TPSA) is 49.7 Å². The molecule has 4 heteroatoms. The van der Waals surface area contributed by atoms with E-state index in [1.54, 1.807) is 0 Å². The van der Waals surface area contributed by atoms with Crippen molar-refractivity contribution in [2.45, 2.75) is 25.7 Å². The quantitative estimate of drug-likeness (QED) is 0.836. The summed E-state index contributed by atoms with van der Waals surface area (Å²) in [5.41, 5.74) is 0.473. The van der Waals surface area contributed by atoms with Gasteiger partial charge in [0.05, 0.1) is 6.61 Å². The highest BCUT2D eigenvalue weighted by Gasteiger charge is 2.22. The summed E-state index contributed by atoms with van der Waals surface area (Å²) in [6.07, 6.45) is 4.98. The van der Waals surface area contributed by atoms with Gasteiger partial charge >= 0.3 is 7.12 Å². The molecule has 2 aromatic rings. The fourth-order valence-electron chi connectivity index (χ4n) is 3.05. The first-order chi connectivity index (χ1) is 9.75. The zero-order valence-corrected chi connectivity index (χ0v) is 11.5. The maximum atomic E-state index is 9.67. The van der Waals surface area contributed by atoms with Gasteiger partial charge in [-0.15, -0.1) is 0 Å². The van der Waals surface area contributed by atoms with Crippen LogP contribution in [0.25, 0.3) is 10.8 Å². The first-order valence-corrected chi connectivity index (χ1v) is 7.26. The zero-order chi connectivity index (χ0) is 13.9. The molecule has 1 aliphatic carbocycles. The molecule has 0 bridgehead atoms. The molecule has 0 saturated heterocycles. The van der Waals surface area contributed by atoms with Gasteiger partial charge in [0.15, 0.2) is 0 Å². The fourth-order valence-corrected chi connectivity index (χ4v) is 3.05. The number of hydrogen-bond acceptors (Lipinski definition) is 3. The van der Waals surface area contributed by atoms with Crippen molar-refractivity contribution in [3.05, 3.63) is 36.4 Å². The van der Waals surface area contributed by atoms with E-state index in [-0.39, 0.29) is 0 Å². The Morgan fingerprint density at radius 2 is 1.80 bits per heavy atom. The standard InChI is InChI=1S/C16H19BO3/c18-17(19)16-14-8-4-3-7-13(14)9-10-15(16)20-11-12-5-1-2-6-12/h3-4,7-10,12,18-19H,1-2,5-6,11H2. The highest BCUT2D eigenvalue weighted by Crippen LogP contribution is 2.26. The molecule has 2 N–H and O–H groups in total. The fraction of sp³-hybridized carbons (Fsp3) is 0.375. The summed E-state index contributed by atoms with van der Waals surface area (Å²) < 4.78 is 5.87. The van der Waals surface area contributed by atoms with E-state index in [1.807, 2.05) is 36.4 Å². The summed E-state index contributed by atoms with van der Waals surface area (Å²) >= 11 is 0. The van der Waals surface area contributed by atoms with Crippen molar-refractivity contribution in [2.75, 3.05) is 6.61 Å². The van der Waals surface area contributed by atoms with Crippen molar-refractivity contribution in [1.82, 2.24) is 0 Å². The van der Waals surface area contributed by atoms with Crippen molar-refractivity contribution in [1.29, 1.82) is 0 Å². The Morgan fingerprint density at radius 1 is 1.05 bits per heavy atom. The van der Waals surface area contributed by atoms with Gasteiger partial charge in [-0.1, -0.05) is 43.2 Å². The van der Waals surface area contributed by atoms with Crippen LogP contribution in [-0.4, -0.2) is 23.8 Å². The third kappa shape index (κ3) is 2.67. The molecule has 3 rings (SSSR count). The molecule has 0 unspecified atom stereocenters. The molecule has 0 spiro atoms. The van der Waals surface area contributed by atoms with Gasteiger partial charge in [0.2, 0.25) is 0 Å². The average Bonchev–Trinajstić information content (AvgIpc) is 2.97. The van der Waals surface area contributed by atoms with Crippen molar-refractivity contribution in [3.8, 4) is 5.75 Å². The van der Waals surface area contributed by atoms with Crippen LogP contribution in [0.1, 0.15) is 25.7 Å². The largest absolute Gasteiger partial charge is 0.494 e. The molecule has 0 aromatic heterocycles. The van der Waals surface area contributed by atoms with Crippen LogP contribution in [0.3, 0.4) is 0 Å². The third-order valence-electron chi connectivity index (χ3n) is 4.14. The minimum absolute atomic E-state index is 0.473. The minimum Gasteiger partial charge on any atom is -0.494 e. The van der Waals surface area contributed by atoms with E-state index < -0.39 is 7.12 Å². The molecule has 0 atom stereocenters. The maximum absolute atomic E-state index is 9.67. The van der Waals surface area contributed by atoms with Crippen molar-refractivity contribution in [3.63, 3.8) is 0 Å². The second kappa shape index (κ2) is 5.86. The number of rotatable bonds is 4. The summed E-state index contributed by atoms with van der Waals surface area (Å²) in [4.78, 5) is 0. The summed E-state index contributed by atoms with van der Waals surface area (Å²) in [6.45, 7) is 0.665. The van der Waals surface area contributed by atoms with Crippen LogP contribution in [0.4, 0.5) is 0 Å². The van der Waals surface area contributed by atoms with E-state index in [9.17, 15) is 10.0 Å². The lowest BCUT2D eigenvalue weighted by atomic mass is 9.76. The van der Waals surface area contributed by atoms with Gasteiger partial charge in [0.1, 0.15) is 5.75 Å². The van der Waals surface area contributed by atoms with E-state index in [0.29, 0.717) is 23.7 Å². The summed E-state index contributed by atoms with van der Waals surface area (Å²) in [6, 6.07) is 11.5. The van der Waals surface area contributed by atoms with Gasteiger partial charge in [0, 0.05) is 5.46 Å². The Bertz CT molecular complexity index is 591. The summed E-state index contributed by atoms with van der Waals surface area (Å²) in [7, 11) is -1.51. The second-order valence-corrected chi connectivity index (χ2v) is 5.53. The van der Waals surface area contributed by atoms with Gasteiger partial charge in [0.25, 0.3) is 0 Å². The number of benzene rings is 2. The molecule has 104 valence electrons. The van der Waals surface area contributed by atoms with Crippen LogP contribution in [0.15, 0.2) is 36.4 Å². The first-order valence-electron chi connectivity index (χ1n) is 7.26. The second-order valence-electron chi connectivity index (χ2n) is 5.53. The predicted molar refractivity (Wildman–Crippen MR) is 81.2 cm³/mol. The highest BCUT2D eigenvalue weighted by atomic mass is 16.5. The smallest absolute Gasteiger partial charge is 0.492 e. The van der Waals surface area contributed by atoms with E-state index in [2.05, 4.69) is 0 Å². The predicted octanol–water partition coefficient (Wildman–Crippen LogP) is 2.09. The summed E-state index contributed by atoms with van der Waals surface area (Å²) in [5.74, 6) is 1.19. The third-order valence-corrected chi connectivity index (χ3v) is 4.14. The normalized spacial score (nSPS) is 15.7. The van der Waals surface area contributed by atoms with Crippen molar-refractivity contribution in [2.24, 2.45) is 5.92 Å². The molecule has 1 aliphatic rings. The number of hydrogen-bond donors (Lipinski definition) is 2. The van der Waals surface area contributed by atoms with Gasteiger partial charge in [-0.3, -0.25) is 0 Å². The molecule has 20 heavy (non-hydrogen) atoms. The van der Waals surface area contributed by atoms with Gasteiger partial charge in [-0.2, -0.15) is 0 Å². The Labute approximate surface area is 119 Å². The minimum atomic E-state index is -1.51. The van der Waals surface area contributed by atoms with E-state index in [0.717, 1.165) is 10.8 Å². The zero-order valence-electron chi connectivity index (χ0n) is 11.5. The first kappa shape index (κ1) is 13.5. The van der Waals surface area contributed by atoms with E-state index in [1.165, 1.54) is 25.7 Å². The summed E-state index contributed by atoms with van der Waals surface area (Å²) in [5, 5.41) is 21.2. The lowest BCUT2D eigenvalue weighted by molar-refractivity contribution is 0.253. The molecule has 3 nitrogen and oxygen atoms in total. The van der Waals surface area contributed by atoms with Crippen molar-refractivity contribution >= 4 is 23.4 Å². The molecular weight excluding hydrogens is 251 g/mol. The molecule has 0 radical (unpaired) electrons. The van der Waals surface area contributed by atoms with Crippen LogP contribution < -0.4 is 10.2 Å². The molecule has 0 aliphatic heterocycles. The Morgan fingerprint density at radius 3 is 2.55 bits per heavy atom. The highest BCUT2D eigenvalue weighted by molar-refractivity contribution is 6.63. The maximum Gasteiger partial charge on any atom is 0.492 e.